The van der Waals surface area contributed by atoms with Crippen molar-refractivity contribution in [3.63, 3.8) is 0 Å². The van der Waals surface area contributed by atoms with Crippen LogP contribution in [0.3, 0.4) is 0 Å². The molecule has 0 saturated heterocycles. The minimum Gasteiger partial charge on any atom is -0.263 e. The molecule has 10 heavy (non-hydrogen) atoms. The van der Waals surface area contributed by atoms with Gasteiger partial charge in [0.15, 0.2) is 0 Å². The Hall–Kier alpha value is -0.990. The Bertz CT molecular complexity index is 281. The summed E-state index contributed by atoms with van der Waals surface area (Å²) in [5.74, 6) is 0. The summed E-state index contributed by atoms with van der Waals surface area (Å²) < 4.78 is 0.693. The predicted octanol–water partition coefficient (Wildman–Crippen LogP) is 1.81. The number of hydrogen-bond donors (Lipinski definition) is 0. The summed E-state index contributed by atoms with van der Waals surface area (Å²) in [6.07, 6.45) is 4.56. The second kappa shape index (κ2) is 3.25. The second-order valence-electron chi connectivity index (χ2n) is 1.53. The van der Waals surface area contributed by atoms with Crippen molar-refractivity contribution in [2.24, 2.45) is 4.99 Å². The topological polar surface area (TPSA) is 42.3 Å². The molecule has 0 aliphatic heterocycles. The van der Waals surface area contributed by atoms with Crippen molar-refractivity contribution in [2.75, 3.05) is 0 Å². The Labute approximate surface area is 65.9 Å². The van der Waals surface area contributed by atoms with E-state index in [1.807, 2.05) is 0 Å². The van der Waals surface area contributed by atoms with E-state index in [2.05, 4.69) is 25.9 Å². The number of halogens is 1. The first-order valence-electron chi connectivity index (χ1n) is 2.52. The molecular formula is C6H3BrN2O. The van der Waals surface area contributed by atoms with Crippen molar-refractivity contribution in [2.45, 2.75) is 0 Å². The number of aliphatic imine (C=N–C) groups is 1. The van der Waals surface area contributed by atoms with E-state index in [9.17, 15) is 4.79 Å². The minimum atomic E-state index is 0.546. The standard InChI is InChI=1S/C6H3BrN2O/c7-5-3-8-2-1-6(5)9-4-10/h1-3H. The van der Waals surface area contributed by atoms with E-state index in [1.54, 1.807) is 18.5 Å². The number of aromatic nitrogens is 1. The Morgan fingerprint density at radius 1 is 1.70 bits per heavy atom. The van der Waals surface area contributed by atoms with Crippen LogP contribution in [0, 0.1) is 0 Å². The van der Waals surface area contributed by atoms with Crippen molar-refractivity contribution < 1.29 is 4.79 Å². The molecule has 0 atom stereocenters. The Balaban J connectivity index is 3.14. The average Bonchev–Trinajstić information content (AvgIpc) is 1.94. The maximum absolute atomic E-state index is 9.79. The van der Waals surface area contributed by atoms with E-state index < -0.39 is 0 Å². The maximum atomic E-state index is 9.79. The van der Waals surface area contributed by atoms with Gasteiger partial charge in [-0.3, -0.25) is 4.98 Å². The minimum absolute atomic E-state index is 0.546. The van der Waals surface area contributed by atoms with E-state index in [0.717, 1.165) is 0 Å². The molecule has 4 heteroatoms. The smallest absolute Gasteiger partial charge is 0.240 e. The third kappa shape index (κ3) is 1.50. The van der Waals surface area contributed by atoms with Gasteiger partial charge in [0.2, 0.25) is 6.08 Å². The van der Waals surface area contributed by atoms with Crippen LogP contribution in [0.15, 0.2) is 27.9 Å². The SMILES string of the molecule is O=C=Nc1ccncc1Br. The summed E-state index contributed by atoms with van der Waals surface area (Å²) in [7, 11) is 0. The number of carbonyl (C=O) groups excluding carboxylic acids is 1. The van der Waals surface area contributed by atoms with Crippen LogP contribution < -0.4 is 0 Å². The lowest BCUT2D eigenvalue weighted by Gasteiger charge is -1.90. The van der Waals surface area contributed by atoms with Crippen LogP contribution in [0.5, 0.6) is 0 Å². The van der Waals surface area contributed by atoms with Gasteiger partial charge in [-0.25, -0.2) is 4.79 Å². The summed E-state index contributed by atoms with van der Waals surface area (Å²) in [6, 6.07) is 1.62. The zero-order valence-electron chi connectivity index (χ0n) is 4.91. The monoisotopic (exact) mass is 198 g/mol. The molecule has 0 bridgehead atoms. The Kier molecular flexibility index (Phi) is 2.31. The molecule has 0 aromatic carbocycles. The van der Waals surface area contributed by atoms with Crippen LogP contribution >= 0.6 is 15.9 Å². The lowest BCUT2D eigenvalue weighted by molar-refractivity contribution is 0.565. The molecule has 0 spiro atoms. The fourth-order valence-electron chi connectivity index (χ4n) is 0.508. The van der Waals surface area contributed by atoms with Gasteiger partial charge < -0.3 is 0 Å². The fraction of sp³-hybridized carbons (Fsp3) is 0. The molecule has 0 amide bonds. The molecule has 1 aromatic heterocycles. The normalized spacial score (nSPS) is 8.50. The highest BCUT2D eigenvalue weighted by Gasteiger charge is 1.93. The van der Waals surface area contributed by atoms with Crippen molar-refractivity contribution in [3.8, 4) is 0 Å². The van der Waals surface area contributed by atoms with Crippen LogP contribution in [0.4, 0.5) is 5.69 Å². The summed E-state index contributed by atoms with van der Waals surface area (Å²) in [4.78, 5) is 17.0. The predicted molar refractivity (Wildman–Crippen MR) is 39.7 cm³/mol. The maximum Gasteiger partial charge on any atom is 0.240 e. The Morgan fingerprint density at radius 3 is 3.10 bits per heavy atom. The highest BCUT2D eigenvalue weighted by atomic mass is 79.9. The van der Waals surface area contributed by atoms with Gasteiger partial charge in [-0.05, 0) is 22.0 Å². The van der Waals surface area contributed by atoms with Crippen molar-refractivity contribution in [1.29, 1.82) is 0 Å². The number of hydrogen-bond acceptors (Lipinski definition) is 3. The van der Waals surface area contributed by atoms with Crippen LogP contribution in [0.1, 0.15) is 0 Å². The van der Waals surface area contributed by atoms with Crippen LogP contribution in [0.25, 0.3) is 0 Å². The number of isocyanates is 1. The van der Waals surface area contributed by atoms with Gasteiger partial charge in [0.05, 0.1) is 10.2 Å². The zero-order chi connectivity index (χ0) is 7.40. The molecular weight excluding hydrogens is 196 g/mol. The largest absolute Gasteiger partial charge is 0.263 e. The molecule has 50 valence electrons. The van der Waals surface area contributed by atoms with Gasteiger partial charge in [0.1, 0.15) is 0 Å². The summed E-state index contributed by atoms with van der Waals surface area (Å²) in [6.45, 7) is 0. The molecule has 3 nitrogen and oxygen atoms in total. The van der Waals surface area contributed by atoms with Gasteiger partial charge in [0.25, 0.3) is 0 Å². The first-order valence-corrected chi connectivity index (χ1v) is 3.31. The molecule has 1 aromatic rings. The first-order chi connectivity index (χ1) is 4.84. The van der Waals surface area contributed by atoms with Crippen molar-refractivity contribution in [3.05, 3.63) is 22.9 Å². The lowest BCUT2D eigenvalue weighted by atomic mass is 10.4. The molecule has 0 fully saturated rings. The molecule has 0 radical (unpaired) electrons. The molecule has 0 N–H and O–H groups in total. The number of pyridine rings is 1. The summed E-state index contributed by atoms with van der Waals surface area (Å²) in [5, 5.41) is 0. The highest BCUT2D eigenvalue weighted by molar-refractivity contribution is 9.10. The lowest BCUT2D eigenvalue weighted by Crippen LogP contribution is -1.70. The van der Waals surface area contributed by atoms with E-state index in [-0.39, 0.29) is 0 Å². The van der Waals surface area contributed by atoms with Gasteiger partial charge in [0, 0.05) is 12.4 Å². The van der Waals surface area contributed by atoms with Gasteiger partial charge in [-0.15, -0.1) is 0 Å². The zero-order valence-corrected chi connectivity index (χ0v) is 6.50. The van der Waals surface area contributed by atoms with Crippen LogP contribution in [0.2, 0.25) is 0 Å². The van der Waals surface area contributed by atoms with Gasteiger partial charge in [-0.1, -0.05) is 0 Å². The van der Waals surface area contributed by atoms with Crippen LogP contribution in [-0.4, -0.2) is 11.1 Å². The highest BCUT2D eigenvalue weighted by Crippen LogP contribution is 2.21. The molecule has 0 aliphatic carbocycles. The summed E-state index contributed by atoms with van der Waals surface area (Å²) in [5.41, 5.74) is 0.546. The van der Waals surface area contributed by atoms with Gasteiger partial charge >= 0.3 is 0 Å². The third-order valence-corrected chi connectivity index (χ3v) is 1.53. The fourth-order valence-corrected chi connectivity index (χ4v) is 0.847. The number of rotatable bonds is 1. The van der Waals surface area contributed by atoms with Crippen molar-refractivity contribution in [1.82, 2.24) is 4.98 Å². The van der Waals surface area contributed by atoms with Crippen molar-refractivity contribution >= 4 is 27.7 Å². The molecule has 1 heterocycles. The first kappa shape index (κ1) is 7.12. The average molecular weight is 199 g/mol. The van der Waals surface area contributed by atoms with Gasteiger partial charge in [-0.2, -0.15) is 4.99 Å². The molecule has 1 rings (SSSR count). The second-order valence-corrected chi connectivity index (χ2v) is 2.38. The van der Waals surface area contributed by atoms with Crippen LogP contribution in [-0.2, 0) is 4.79 Å². The molecule has 0 unspecified atom stereocenters. The van der Waals surface area contributed by atoms with E-state index >= 15 is 0 Å². The Morgan fingerprint density at radius 2 is 2.50 bits per heavy atom. The molecule has 0 saturated carbocycles. The van der Waals surface area contributed by atoms with E-state index in [4.69, 9.17) is 0 Å². The van der Waals surface area contributed by atoms with E-state index in [1.165, 1.54) is 6.08 Å². The number of nitrogens with zero attached hydrogens (tertiary/aromatic N) is 2. The quantitative estimate of drug-likeness (QED) is 0.511. The van der Waals surface area contributed by atoms with E-state index in [0.29, 0.717) is 10.2 Å². The summed E-state index contributed by atoms with van der Waals surface area (Å²) >= 11 is 3.16. The third-order valence-electron chi connectivity index (χ3n) is 0.917. The molecule has 0 aliphatic rings.